The van der Waals surface area contributed by atoms with Gasteiger partial charge in [-0.3, -0.25) is 29.4 Å². The summed E-state index contributed by atoms with van der Waals surface area (Å²) < 4.78 is 5.05. The molecule has 2 heterocycles. The molecule has 206 valence electrons. The number of nitrogens with zero attached hydrogens (tertiary/aromatic N) is 4. The van der Waals surface area contributed by atoms with Crippen LogP contribution in [-0.2, 0) is 24.5 Å². The summed E-state index contributed by atoms with van der Waals surface area (Å²) in [7, 11) is 0. The fraction of sp³-hybridized carbons (Fsp3) is 0.448. The number of nitro groups is 1. The molecule has 10 nitrogen and oxygen atoms in total. The molecule has 0 aliphatic carbocycles. The Morgan fingerprint density at radius 3 is 2.44 bits per heavy atom. The Balaban J connectivity index is 2.10. The lowest BCUT2D eigenvalue weighted by molar-refractivity contribution is -0.384. The smallest absolute Gasteiger partial charge is 0.305 e. The third-order valence-corrected chi connectivity index (χ3v) is 7.12. The number of unbranched alkanes of at least 4 members (excludes halogenated alkanes) is 1. The minimum atomic E-state index is -0.673. The van der Waals surface area contributed by atoms with Crippen molar-refractivity contribution in [2.75, 3.05) is 24.6 Å². The first-order chi connectivity index (χ1) is 18.5. The second-order valence-electron chi connectivity index (χ2n) is 10.0. The molecule has 0 radical (unpaired) electrons. The predicted molar refractivity (Wildman–Crippen MR) is 145 cm³/mol. The summed E-state index contributed by atoms with van der Waals surface area (Å²) >= 11 is 0. The van der Waals surface area contributed by atoms with Crippen LogP contribution < -0.4 is 4.90 Å². The number of carbonyl (C=O) groups is 3. The van der Waals surface area contributed by atoms with Gasteiger partial charge in [0, 0.05) is 54.0 Å². The van der Waals surface area contributed by atoms with Crippen molar-refractivity contribution in [3.63, 3.8) is 0 Å². The van der Waals surface area contributed by atoms with Gasteiger partial charge in [0.2, 0.25) is 0 Å². The van der Waals surface area contributed by atoms with Crippen LogP contribution in [0.1, 0.15) is 65.9 Å². The van der Waals surface area contributed by atoms with E-state index in [9.17, 15) is 29.8 Å². The number of hydrogen-bond acceptors (Lipinski definition) is 8. The fourth-order valence-corrected chi connectivity index (χ4v) is 4.97. The molecular formula is C29H34N4O6. The van der Waals surface area contributed by atoms with Crippen LogP contribution >= 0.6 is 0 Å². The number of anilines is 1. The molecule has 10 heteroatoms. The number of esters is 1. The quantitative estimate of drug-likeness (QED) is 0.137. The van der Waals surface area contributed by atoms with Gasteiger partial charge in [0.1, 0.15) is 11.6 Å². The van der Waals surface area contributed by atoms with Gasteiger partial charge in [-0.1, -0.05) is 27.2 Å². The van der Waals surface area contributed by atoms with E-state index in [4.69, 9.17) is 4.74 Å². The van der Waals surface area contributed by atoms with Gasteiger partial charge in [-0.15, -0.1) is 0 Å². The maximum atomic E-state index is 13.3. The molecule has 39 heavy (non-hydrogen) atoms. The number of amides is 2. The zero-order valence-electron chi connectivity index (χ0n) is 23.1. The number of imide groups is 1. The first-order valence-corrected chi connectivity index (χ1v) is 13.1. The van der Waals surface area contributed by atoms with Gasteiger partial charge in [0.25, 0.3) is 17.5 Å². The van der Waals surface area contributed by atoms with Crippen LogP contribution in [0.3, 0.4) is 0 Å². The average Bonchev–Trinajstić information content (AvgIpc) is 3.09. The minimum absolute atomic E-state index is 0.0297. The van der Waals surface area contributed by atoms with Crippen molar-refractivity contribution in [2.24, 2.45) is 0 Å². The van der Waals surface area contributed by atoms with Crippen LogP contribution in [0.25, 0.3) is 0 Å². The van der Waals surface area contributed by atoms with Crippen molar-refractivity contribution in [1.82, 2.24) is 4.90 Å². The van der Waals surface area contributed by atoms with E-state index in [0.717, 1.165) is 28.3 Å². The Hall–Kier alpha value is -4.26. The minimum Gasteiger partial charge on any atom is -0.466 e. The molecule has 0 saturated carbocycles. The Labute approximate surface area is 228 Å². The molecule has 0 saturated heterocycles. The van der Waals surface area contributed by atoms with Crippen LogP contribution in [-0.4, -0.2) is 47.3 Å². The molecule has 0 spiro atoms. The SMILES string of the molecule is CCCCN1C(=O)C(C#N)=C(C)/C(=C/C=C2/N(CCCC(=O)OCC)c3ccc([N+](=O)[O-])cc3C2(C)C)C1=O. The highest BCUT2D eigenvalue weighted by Crippen LogP contribution is 2.49. The second kappa shape index (κ2) is 12.1. The lowest BCUT2D eigenvalue weighted by Crippen LogP contribution is -2.43. The summed E-state index contributed by atoms with van der Waals surface area (Å²) in [6, 6.07) is 6.65. The number of hydrogen-bond donors (Lipinski definition) is 0. The Morgan fingerprint density at radius 1 is 1.13 bits per heavy atom. The van der Waals surface area contributed by atoms with Gasteiger partial charge in [0.15, 0.2) is 0 Å². The summed E-state index contributed by atoms with van der Waals surface area (Å²) in [5.41, 5.74) is 2.09. The molecule has 0 unspecified atom stereocenters. The first kappa shape index (κ1) is 29.3. The van der Waals surface area contributed by atoms with Gasteiger partial charge in [-0.25, -0.2) is 0 Å². The van der Waals surface area contributed by atoms with Gasteiger partial charge < -0.3 is 9.64 Å². The third kappa shape index (κ3) is 5.77. The zero-order chi connectivity index (χ0) is 28.9. The lowest BCUT2D eigenvalue weighted by atomic mass is 9.83. The van der Waals surface area contributed by atoms with Crippen LogP contribution in [0, 0.1) is 21.4 Å². The second-order valence-corrected chi connectivity index (χ2v) is 10.0. The van der Waals surface area contributed by atoms with Crippen LogP contribution in [0.15, 0.2) is 52.8 Å². The van der Waals surface area contributed by atoms with Gasteiger partial charge in [-0.2, -0.15) is 5.26 Å². The maximum absolute atomic E-state index is 13.3. The standard InChI is InChI=1S/C29H34N4O6/c1-6-8-15-32-27(35)21(19(3)22(18-30)28(32)36)12-14-25-29(4,5)23-17-20(33(37)38)11-13-24(23)31(25)16-9-10-26(34)39-7-2/h11-14,17H,6-10,15-16H2,1-5H3/b21-12-,25-14+. The number of nitriles is 1. The highest BCUT2D eigenvalue weighted by molar-refractivity contribution is 6.18. The van der Waals surface area contributed by atoms with Crippen LogP contribution in [0.4, 0.5) is 11.4 Å². The molecule has 2 aliphatic heterocycles. The molecule has 1 aromatic rings. The summed E-state index contributed by atoms with van der Waals surface area (Å²) in [5, 5.41) is 21.1. The van der Waals surface area contributed by atoms with E-state index in [2.05, 4.69) is 0 Å². The van der Waals surface area contributed by atoms with E-state index in [0.29, 0.717) is 31.6 Å². The third-order valence-electron chi connectivity index (χ3n) is 7.12. The number of carbonyl (C=O) groups excluding carboxylic acids is 3. The predicted octanol–water partition coefficient (Wildman–Crippen LogP) is 4.85. The van der Waals surface area contributed by atoms with E-state index < -0.39 is 22.2 Å². The number of nitro benzene ring substituents is 1. The molecule has 3 rings (SSSR count). The number of fused-ring (bicyclic) bond motifs is 1. The summed E-state index contributed by atoms with van der Waals surface area (Å²) in [4.78, 5) is 52.2. The molecular weight excluding hydrogens is 500 g/mol. The van der Waals surface area contributed by atoms with E-state index in [1.807, 2.05) is 31.7 Å². The molecule has 0 atom stereocenters. The number of rotatable bonds is 10. The number of allylic oxidation sites excluding steroid dienone is 3. The van der Waals surface area contributed by atoms with Crippen molar-refractivity contribution in [3.8, 4) is 6.07 Å². The van der Waals surface area contributed by atoms with Crippen molar-refractivity contribution >= 4 is 29.2 Å². The van der Waals surface area contributed by atoms with Crippen LogP contribution in [0.2, 0.25) is 0 Å². The number of non-ortho nitro benzene ring substituents is 1. The molecule has 2 aliphatic rings. The molecule has 0 N–H and O–H groups in total. The number of ether oxygens (including phenoxy) is 1. The van der Waals surface area contributed by atoms with Crippen molar-refractivity contribution in [2.45, 2.75) is 65.7 Å². The molecule has 0 fully saturated rings. The zero-order valence-corrected chi connectivity index (χ0v) is 23.1. The van der Waals surface area contributed by atoms with E-state index in [1.165, 1.54) is 6.07 Å². The molecule has 0 aromatic heterocycles. The fourth-order valence-electron chi connectivity index (χ4n) is 4.97. The summed E-state index contributed by atoms with van der Waals surface area (Å²) in [5.74, 6) is -1.35. The van der Waals surface area contributed by atoms with Crippen LogP contribution in [0.5, 0.6) is 0 Å². The topological polar surface area (TPSA) is 134 Å². The van der Waals surface area contributed by atoms with Gasteiger partial charge in [0.05, 0.1) is 11.5 Å². The van der Waals surface area contributed by atoms with Crippen molar-refractivity contribution in [3.05, 3.63) is 68.4 Å². The average molecular weight is 535 g/mol. The van der Waals surface area contributed by atoms with Gasteiger partial charge >= 0.3 is 5.97 Å². The molecule has 1 aromatic carbocycles. The number of benzene rings is 1. The Bertz CT molecular complexity index is 1330. The normalized spacial score (nSPS) is 18.6. The molecule has 2 amide bonds. The van der Waals surface area contributed by atoms with Gasteiger partial charge in [-0.05, 0) is 56.0 Å². The Kier molecular flexibility index (Phi) is 9.07. The highest BCUT2D eigenvalue weighted by atomic mass is 16.6. The lowest BCUT2D eigenvalue weighted by Gasteiger charge is -2.28. The van der Waals surface area contributed by atoms with Crippen molar-refractivity contribution < 1.29 is 24.0 Å². The maximum Gasteiger partial charge on any atom is 0.305 e. The van der Waals surface area contributed by atoms with E-state index >= 15 is 0 Å². The Morgan fingerprint density at radius 2 is 1.82 bits per heavy atom. The largest absolute Gasteiger partial charge is 0.466 e. The monoisotopic (exact) mass is 534 g/mol. The first-order valence-electron chi connectivity index (χ1n) is 13.1. The molecule has 0 bridgehead atoms. The summed E-state index contributed by atoms with van der Waals surface area (Å²) in [6.07, 6.45) is 5.49. The van der Waals surface area contributed by atoms with Crippen molar-refractivity contribution in [1.29, 1.82) is 5.26 Å². The highest BCUT2D eigenvalue weighted by Gasteiger charge is 2.41. The summed E-state index contributed by atoms with van der Waals surface area (Å²) in [6.45, 7) is 10.1. The van der Waals surface area contributed by atoms with E-state index in [-0.39, 0.29) is 35.8 Å². The van der Waals surface area contributed by atoms with E-state index in [1.54, 1.807) is 38.1 Å².